The molecule has 7 heteroatoms. The number of aromatic nitrogens is 4. The van der Waals surface area contributed by atoms with Gasteiger partial charge in [-0.2, -0.15) is 5.10 Å². The van der Waals surface area contributed by atoms with Crippen LogP contribution in [0.2, 0.25) is 0 Å². The lowest BCUT2D eigenvalue weighted by Gasteiger charge is -2.08. The van der Waals surface area contributed by atoms with Crippen molar-refractivity contribution in [2.75, 3.05) is 0 Å². The summed E-state index contributed by atoms with van der Waals surface area (Å²) in [7, 11) is 3.47. The molecule has 7 nitrogen and oxygen atoms in total. The summed E-state index contributed by atoms with van der Waals surface area (Å²) < 4.78 is 3.13. The molecule has 0 aliphatic rings. The zero-order chi connectivity index (χ0) is 17.1. The normalized spacial score (nSPS) is 10.6. The summed E-state index contributed by atoms with van der Waals surface area (Å²) in [5.41, 5.74) is 2.49. The molecule has 3 aromatic heterocycles. The van der Waals surface area contributed by atoms with Gasteiger partial charge < -0.3 is 9.88 Å². The first kappa shape index (κ1) is 15.7. The highest BCUT2D eigenvalue weighted by Gasteiger charge is 2.11. The van der Waals surface area contributed by atoms with E-state index in [2.05, 4.69) is 15.4 Å². The molecule has 0 radical (unpaired) electrons. The molecule has 0 unspecified atom stereocenters. The fourth-order valence-corrected chi connectivity index (χ4v) is 2.43. The van der Waals surface area contributed by atoms with Crippen molar-refractivity contribution in [1.82, 2.24) is 24.6 Å². The van der Waals surface area contributed by atoms with Gasteiger partial charge in [-0.15, -0.1) is 0 Å². The van der Waals surface area contributed by atoms with Gasteiger partial charge in [-0.3, -0.25) is 19.3 Å². The highest BCUT2D eigenvalue weighted by molar-refractivity contribution is 5.93. The molecule has 0 bridgehead atoms. The number of nitrogens with one attached hydrogen (secondary N) is 1. The number of pyridine rings is 2. The van der Waals surface area contributed by atoms with Gasteiger partial charge in [0, 0.05) is 51.0 Å². The van der Waals surface area contributed by atoms with Crippen molar-refractivity contribution in [3.63, 3.8) is 0 Å². The molecule has 0 atom stereocenters. The molecule has 0 saturated heterocycles. The van der Waals surface area contributed by atoms with Gasteiger partial charge in [0.05, 0.1) is 5.69 Å². The highest BCUT2D eigenvalue weighted by atomic mass is 16.2. The smallest absolute Gasteiger partial charge is 0.263 e. The van der Waals surface area contributed by atoms with Crippen molar-refractivity contribution in [1.29, 1.82) is 0 Å². The summed E-state index contributed by atoms with van der Waals surface area (Å²) in [5, 5.41) is 6.89. The van der Waals surface area contributed by atoms with Crippen LogP contribution in [0.15, 0.2) is 53.8 Å². The van der Waals surface area contributed by atoms with Gasteiger partial charge in [0.2, 0.25) is 0 Å². The van der Waals surface area contributed by atoms with Crippen LogP contribution in [0.25, 0.3) is 11.3 Å². The Morgan fingerprint density at radius 1 is 1.25 bits per heavy atom. The van der Waals surface area contributed by atoms with Crippen LogP contribution < -0.4 is 10.9 Å². The first-order valence-electron chi connectivity index (χ1n) is 7.42. The summed E-state index contributed by atoms with van der Waals surface area (Å²) in [6, 6.07) is 7.02. The second kappa shape index (κ2) is 6.49. The molecule has 3 rings (SSSR count). The van der Waals surface area contributed by atoms with Gasteiger partial charge in [0.25, 0.3) is 11.5 Å². The topological polar surface area (TPSA) is 81.8 Å². The lowest BCUT2D eigenvalue weighted by Crippen LogP contribution is -2.31. The fourth-order valence-electron chi connectivity index (χ4n) is 2.43. The standard InChI is InChI=1S/C17H17N5O2/c1-21-7-3-4-14(17(21)24)16(23)19-10-12-8-13(11-18-9-12)15-5-6-20-22(15)2/h3-9,11H,10H2,1-2H3,(H,19,23). The van der Waals surface area contributed by atoms with Gasteiger partial charge >= 0.3 is 0 Å². The van der Waals surface area contributed by atoms with E-state index in [0.29, 0.717) is 0 Å². The minimum Gasteiger partial charge on any atom is -0.348 e. The Bertz CT molecular complexity index is 942. The second-order valence-electron chi connectivity index (χ2n) is 5.44. The molecule has 0 saturated carbocycles. The zero-order valence-electron chi connectivity index (χ0n) is 13.4. The average Bonchev–Trinajstić information content (AvgIpc) is 3.01. The van der Waals surface area contributed by atoms with Gasteiger partial charge in [-0.05, 0) is 29.8 Å². The van der Waals surface area contributed by atoms with Crippen LogP contribution in [0.5, 0.6) is 0 Å². The summed E-state index contributed by atoms with van der Waals surface area (Å²) in [4.78, 5) is 28.4. The van der Waals surface area contributed by atoms with Crippen LogP contribution in [-0.2, 0) is 20.6 Å². The van der Waals surface area contributed by atoms with Gasteiger partial charge in [-0.25, -0.2) is 0 Å². The molecule has 1 amide bonds. The molecule has 1 N–H and O–H groups in total. The maximum Gasteiger partial charge on any atom is 0.263 e. The van der Waals surface area contributed by atoms with E-state index < -0.39 is 5.91 Å². The van der Waals surface area contributed by atoms with Crippen LogP contribution >= 0.6 is 0 Å². The van der Waals surface area contributed by atoms with Gasteiger partial charge in [0.15, 0.2) is 0 Å². The lowest BCUT2D eigenvalue weighted by atomic mass is 10.1. The average molecular weight is 323 g/mol. The fraction of sp³-hybridized carbons (Fsp3) is 0.176. The molecule has 3 heterocycles. The van der Waals surface area contributed by atoms with E-state index in [4.69, 9.17) is 0 Å². The Hall–Kier alpha value is -3.22. The predicted molar refractivity (Wildman–Crippen MR) is 89.3 cm³/mol. The van der Waals surface area contributed by atoms with Crippen molar-refractivity contribution in [3.05, 3.63) is 70.5 Å². The molecule has 24 heavy (non-hydrogen) atoms. The Morgan fingerprint density at radius 2 is 2.08 bits per heavy atom. The van der Waals surface area contributed by atoms with E-state index in [0.717, 1.165) is 16.8 Å². The van der Waals surface area contributed by atoms with Gasteiger partial charge in [-0.1, -0.05) is 0 Å². The van der Waals surface area contributed by atoms with Crippen molar-refractivity contribution in [2.24, 2.45) is 14.1 Å². The van der Waals surface area contributed by atoms with Crippen molar-refractivity contribution in [2.45, 2.75) is 6.54 Å². The Kier molecular flexibility index (Phi) is 4.24. The van der Waals surface area contributed by atoms with E-state index in [-0.39, 0.29) is 17.7 Å². The number of hydrogen-bond donors (Lipinski definition) is 1. The van der Waals surface area contributed by atoms with E-state index >= 15 is 0 Å². The monoisotopic (exact) mass is 323 g/mol. The quantitative estimate of drug-likeness (QED) is 0.780. The minimum absolute atomic E-state index is 0.121. The van der Waals surface area contributed by atoms with E-state index in [9.17, 15) is 9.59 Å². The maximum atomic E-state index is 12.2. The minimum atomic E-state index is -0.401. The molecule has 3 aromatic rings. The first-order chi connectivity index (χ1) is 11.6. The van der Waals surface area contributed by atoms with Crippen LogP contribution in [0.4, 0.5) is 0 Å². The highest BCUT2D eigenvalue weighted by Crippen LogP contribution is 2.18. The van der Waals surface area contributed by atoms with Crippen molar-refractivity contribution >= 4 is 5.91 Å². The summed E-state index contributed by atoms with van der Waals surface area (Å²) >= 11 is 0. The van der Waals surface area contributed by atoms with E-state index in [1.54, 1.807) is 42.6 Å². The molecule has 0 aliphatic carbocycles. The van der Waals surface area contributed by atoms with E-state index in [1.807, 2.05) is 19.2 Å². The number of carbonyl (C=O) groups excluding carboxylic acids is 1. The molecule has 0 spiro atoms. The molecule has 122 valence electrons. The predicted octanol–water partition coefficient (Wildman–Crippen LogP) is 1.11. The SMILES string of the molecule is Cn1nccc1-c1cncc(CNC(=O)c2cccn(C)c2=O)c1. The number of carbonyl (C=O) groups is 1. The van der Waals surface area contributed by atoms with Gasteiger partial charge in [0.1, 0.15) is 5.56 Å². The zero-order valence-corrected chi connectivity index (χ0v) is 13.4. The van der Waals surface area contributed by atoms with Crippen LogP contribution in [0.3, 0.4) is 0 Å². The Labute approximate surface area is 138 Å². The summed E-state index contributed by atoms with van der Waals surface area (Å²) in [6.45, 7) is 0.287. The van der Waals surface area contributed by atoms with Crippen molar-refractivity contribution < 1.29 is 4.79 Å². The number of hydrogen-bond acceptors (Lipinski definition) is 4. The Morgan fingerprint density at radius 3 is 2.83 bits per heavy atom. The number of nitrogens with zero attached hydrogens (tertiary/aromatic N) is 4. The largest absolute Gasteiger partial charge is 0.348 e. The maximum absolute atomic E-state index is 12.2. The first-order valence-corrected chi connectivity index (χ1v) is 7.42. The molecule has 0 aromatic carbocycles. The third kappa shape index (κ3) is 3.10. The van der Waals surface area contributed by atoms with Crippen LogP contribution in [-0.4, -0.2) is 25.2 Å². The van der Waals surface area contributed by atoms with Crippen LogP contribution in [0.1, 0.15) is 15.9 Å². The molecular weight excluding hydrogens is 306 g/mol. The Balaban J connectivity index is 1.75. The molecular formula is C17H17N5O2. The van der Waals surface area contributed by atoms with Crippen molar-refractivity contribution in [3.8, 4) is 11.3 Å². The second-order valence-corrected chi connectivity index (χ2v) is 5.44. The number of aryl methyl sites for hydroxylation is 2. The van der Waals surface area contributed by atoms with Crippen LogP contribution in [0, 0.1) is 0 Å². The van der Waals surface area contributed by atoms with E-state index in [1.165, 1.54) is 10.6 Å². The summed E-state index contributed by atoms with van der Waals surface area (Å²) in [5.74, 6) is -0.401. The third-order valence-corrected chi connectivity index (χ3v) is 3.73. The molecule has 0 fully saturated rings. The number of amides is 1. The molecule has 0 aliphatic heterocycles. The third-order valence-electron chi connectivity index (χ3n) is 3.73. The summed E-state index contributed by atoms with van der Waals surface area (Å²) in [6.07, 6.45) is 6.76. The number of rotatable bonds is 4. The lowest BCUT2D eigenvalue weighted by molar-refractivity contribution is 0.0949.